The Hall–Kier alpha value is -2.89. The first-order chi connectivity index (χ1) is 12.5. The molecular formula is C20H26N2O4. The van der Waals surface area contributed by atoms with E-state index >= 15 is 0 Å². The van der Waals surface area contributed by atoms with Crippen LogP contribution >= 0.6 is 0 Å². The van der Waals surface area contributed by atoms with Crippen molar-refractivity contribution in [3.8, 4) is 17.2 Å². The number of hydrogen-bond donors (Lipinski definition) is 2. The van der Waals surface area contributed by atoms with Gasteiger partial charge in [0.2, 0.25) is 0 Å². The summed E-state index contributed by atoms with van der Waals surface area (Å²) in [6.45, 7) is 4.40. The molecule has 0 heterocycles. The fraction of sp³-hybridized carbons (Fsp3) is 0.350. The Kier molecular flexibility index (Phi) is 6.72. The molecule has 2 N–H and O–H groups in total. The van der Waals surface area contributed by atoms with Crippen molar-refractivity contribution < 1.29 is 19.0 Å². The summed E-state index contributed by atoms with van der Waals surface area (Å²) < 4.78 is 16.0. The Morgan fingerprint density at radius 3 is 2.08 bits per heavy atom. The fourth-order valence-electron chi connectivity index (χ4n) is 2.77. The SMILES string of the molecule is COc1cc(OC)c(OC)cc1CCNC(=O)Nc1c(C)cccc1C. The highest BCUT2D eigenvalue weighted by Crippen LogP contribution is 2.34. The van der Waals surface area contributed by atoms with Gasteiger partial charge in [-0.1, -0.05) is 18.2 Å². The van der Waals surface area contributed by atoms with Gasteiger partial charge in [-0.3, -0.25) is 0 Å². The van der Waals surface area contributed by atoms with Crippen molar-refractivity contribution in [2.75, 3.05) is 33.2 Å². The van der Waals surface area contributed by atoms with Crippen LogP contribution in [0, 0.1) is 13.8 Å². The van der Waals surface area contributed by atoms with Crippen LogP contribution in [0.15, 0.2) is 30.3 Å². The predicted octanol–water partition coefficient (Wildman–Crippen LogP) is 3.69. The lowest BCUT2D eigenvalue weighted by molar-refractivity contribution is 0.252. The number of methoxy groups -OCH3 is 3. The summed E-state index contributed by atoms with van der Waals surface area (Å²) in [5.41, 5.74) is 3.83. The number of carbonyl (C=O) groups is 1. The molecule has 2 amide bonds. The van der Waals surface area contributed by atoms with E-state index in [0.29, 0.717) is 30.2 Å². The van der Waals surface area contributed by atoms with Crippen molar-refractivity contribution in [3.05, 3.63) is 47.0 Å². The van der Waals surface area contributed by atoms with E-state index in [4.69, 9.17) is 14.2 Å². The Bertz CT molecular complexity index is 754. The minimum absolute atomic E-state index is 0.234. The molecule has 0 saturated heterocycles. The van der Waals surface area contributed by atoms with Gasteiger partial charge in [0, 0.05) is 18.3 Å². The van der Waals surface area contributed by atoms with Crippen molar-refractivity contribution in [3.63, 3.8) is 0 Å². The highest BCUT2D eigenvalue weighted by Gasteiger charge is 2.12. The lowest BCUT2D eigenvalue weighted by Gasteiger charge is -2.15. The number of ether oxygens (including phenoxy) is 3. The van der Waals surface area contributed by atoms with Gasteiger partial charge in [-0.05, 0) is 43.0 Å². The summed E-state index contributed by atoms with van der Waals surface area (Å²) >= 11 is 0. The van der Waals surface area contributed by atoms with Crippen molar-refractivity contribution in [1.82, 2.24) is 5.32 Å². The largest absolute Gasteiger partial charge is 0.496 e. The van der Waals surface area contributed by atoms with E-state index in [0.717, 1.165) is 22.4 Å². The maximum absolute atomic E-state index is 12.2. The molecule has 0 unspecified atom stereocenters. The zero-order chi connectivity index (χ0) is 19.1. The molecule has 2 aromatic rings. The van der Waals surface area contributed by atoms with Crippen LogP contribution in [-0.4, -0.2) is 33.9 Å². The average molecular weight is 358 g/mol. The molecule has 0 saturated carbocycles. The average Bonchev–Trinajstić information content (AvgIpc) is 2.64. The second-order valence-electron chi connectivity index (χ2n) is 5.92. The lowest BCUT2D eigenvalue weighted by atomic mass is 10.1. The molecular weight excluding hydrogens is 332 g/mol. The van der Waals surface area contributed by atoms with Gasteiger partial charge in [0.1, 0.15) is 5.75 Å². The molecule has 0 aliphatic carbocycles. The zero-order valence-electron chi connectivity index (χ0n) is 15.9. The minimum atomic E-state index is -0.234. The van der Waals surface area contributed by atoms with Crippen LogP contribution in [0.3, 0.4) is 0 Å². The molecule has 0 aliphatic rings. The Labute approximate surface area is 154 Å². The van der Waals surface area contributed by atoms with Crippen LogP contribution in [0.1, 0.15) is 16.7 Å². The van der Waals surface area contributed by atoms with Crippen molar-refractivity contribution >= 4 is 11.7 Å². The van der Waals surface area contributed by atoms with Crippen LogP contribution in [0.4, 0.5) is 10.5 Å². The van der Waals surface area contributed by atoms with Crippen LogP contribution < -0.4 is 24.8 Å². The normalized spacial score (nSPS) is 10.2. The maximum atomic E-state index is 12.2. The fourth-order valence-corrected chi connectivity index (χ4v) is 2.77. The van der Waals surface area contributed by atoms with E-state index in [1.165, 1.54) is 0 Å². The van der Waals surface area contributed by atoms with Crippen molar-refractivity contribution in [2.24, 2.45) is 0 Å². The van der Waals surface area contributed by atoms with Gasteiger partial charge >= 0.3 is 6.03 Å². The summed E-state index contributed by atoms with van der Waals surface area (Å²) in [5, 5.41) is 5.78. The van der Waals surface area contributed by atoms with Gasteiger partial charge in [0.05, 0.1) is 21.3 Å². The van der Waals surface area contributed by atoms with Gasteiger partial charge < -0.3 is 24.8 Å². The quantitative estimate of drug-likeness (QED) is 0.792. The van der Waals surface area contributed by atoms with Gasteiger partial charge in [-0.15, -0.1) is 0 Å². The standard InChI is InChI=1S/C20H26N2O4/c1-13-7-6-8-14(2)19(13)22-20(23)21-10-9-15-11-17(25-4)18(26-5)12-16(15)24-3/h6-8,11-12H,9-10H2,1-5H3,(H2,21,22,23). The number of hydrogen-bond acceptors (Lipinski definition) is 4. The lowest BCUT2D eigenvalue weighted by Crippen LogP contribution is -2.31. The molecule has 6 heteroatoms. The minimum Gasteiger partial charge on any atom is -0.496 e. The summed E-state index contributed by atoms with van der Waals surface area (Å²) in [4.78, 5) is 12.2. The molecule has 0 aromatic heterocycles. The van der Waals surface area contributed by atoms with Crippen LogP contribution in [0.5, 0.6) is 17.2 Å². The van der Waals surface area contributed by atoms with Gasteiger partial charge in [-0.25, -0.2) is 4.79 Å². The molecule has 26 heavy (non-hydrogen) atoms. The topological polar surface area (TPSA) is 68.8 Å². The molecule has 0 radical (unpaired) electrons. The van der Waals surface area contributed by atoms with Gasteiger partial charge in [0.15, 0.2) is 11.5 Å². The van der Waals surface area contributed by atoms with E-state index < -0.39 is 0 Å². The second kappa shape index (κ2) is 8.99. The maximum Gasteiger partial charge on any atom is 0.319 e. The Morgan fingerprint density at radius 1 is 0.923 bits per heavy atom. The van der Waals surface area contributed by atoms with E-state index in [2.05, 4.69) is 10.6 Å². The smallest absolute Gasteiger partial charge is 0.319 e. The number of aryl methyl sites for hydroxylation is 2. The molecule has 0 fully saturated rings. The number of benzene rings is 2. The Morgan fingerprint density at radius 2 is 1.50 bits per heavy atom. The van der Waals surface area contributed by atoms with E-state index in [1.54, 1.807) is 27.4 Å². The first-order valence-corrected chi connectivity index (χ1v) is 8.40. The second-order valence-corrected chi connectivity index (χ2v) is 5.92. The third kappa shape index (κ3) is 4.59. The third-order valence-corrected chi connectivity index (χ3v) is 4.19. The number of carbonyl (C=O) groups excluding carboxylic acids is 1. The summed E-state index contributed by atoms with van der Waals surface area (Å²) in [7, 11) is 4.77. The van der Waals surface area contributed by atoms with Crippen LogP contribution in [0.2, 0.25) is 0 Å². The van der Waals surface area contributed by atoms with E-state index in [9.17, 15) is 4.79 Å². The Balaban J connectivity index is 2.00. The number of nitrogens with one attached hydrogen (secondary N) is 2. The van der Waals surface area contributed by atoms with Gasteiger partial charge in [0.25, 0.3) is 0 Å². The first kappa shape index (κ1) is 19.4. The molecule has 2 aromatic carbocycles. The molecule has 6 nitrogen and oxygen atoms in total. The van der Waals surface area contributed by atoms with Crippen molar-refractivity contribution in [1.29, 1.82) is 0 Å². The third-order valence-electron chi connectivity index (χ3n) is 4.19. The van der Waals surface area contributed by atoms with Crippen LogP contribution in [0.25, 0.3) is 0 Å². The molecule has 0 bridgehead atoms. The van der Waals surface area contributed by atoms with Crippen molar-refractivity contribution in [2.45, 2.75) is 20.3 Å². The highest BCUT2D eigenvalue weighted by molar-refractivity contribution is 5.90. The summed E-state index contributed by atoms with van der Waals surface area (Å²) in [6.07, 6.45) is 0.601. The number of amides is 2. The zero-order valence-corrected chi connectivity index (χ0v) is 15.9. The molecule has 140 valence electrons. The number of para-hydroxylation sites is 1. The van der Waals surface area contributed by atoms with E-state index in [-0.39, 0.29) is 6.03 Å². The monoisotopic (exact) mass is 358 g/mol. The number of urea groups is 1. The molecule has 0 spiro atoms. The van der Waals surface area contributed by atoms with E-state index in [1.807, 2.05) is 38.1 Å². The molecule has 0 aliphatic heterocycles. The van der Waals surface area contributed by atoms with Crippen LogP contribution in [-0.2, 0) is 6.42 Å². The summed E-state index contributed by atoms with van der Waals surface area (Å²) in [6, 6.07) is 9.32. The first-order valence-electron chi connectivity index (χ1n) is 8.40. The predicted molar refractivity (Wildman–Crippen MR) is 103 cm³/mol. The number of anilines is 1. The highest BCUT2D eigenvalue weighted by atomic mass is 16.5. The van der Waals surface area contributed by atoms with Gasteiger partial charge in [-0.2, -0.15) is 0 Å². The molecule has 2 rings (SSSR count). The molecule has 0 atom stereocenters. The number of rotatable bonds is 7. The summed E-state index contributed by atoms with van der Waals surface area (Å²) in [5.74, 6) is 1.93.